The lowest BCUT2D eigenvalue weighted by Gasteiger charge is -2.10. The highest BCUT2D eigenvalue weighted by atomic mass is 127. The molecule has 0 atom stereocenters. The number of hydrogen-bond donors (Lipinski definition) is 0. The molecule has 0 unspecified atom stereocenters. The van der Waals surface area contributed by atoms with E-state index in [0.717, 1.165) is 34.6 Å². The topological polar surface area (TPSA) is 79.1 Å². The number of aromatic nitrogens is 4. The Hall–Kier alpha value is -2.47. The number of ether oxygens (including phenoxy) is 2. The summed E-state index contributed by atoms with van der Waals surface area (Å²) in [4.78, 5) is 20.3. The Kier molecular flexibility index (Phi) is 7.43. The van der Waals surface area contributed by atoms with Gasteiger partial charge in [-0.05, 0) is 23.6 Å². The maximum Gasteiger partial charge on any atom is 0.407 e. The fraction of sp³-hybridized carbons (Fsp3) is 0.300. The quantitative estimate of drug-likeness (QED) is 0.240. The molecule has 0 N–H and O–H groups in total. The standard InChI is InChI=1S/C20H19F2IN4O3/c1-2-14-3-5-15(6-4-14)13-27-18(28)8-7-17(26-27)16-11-24-19(25-12-16)29-9-10-30-20(21,22)23/h3-8,11-12H,2,9-10,13H2,1H3. The van der Waals surface area contributed by atoms with E-state index in [1.165, 1.54) is 28.7 Å². The largest absolute Gasteiger partial charge is 0.461 e. The van der Waals surface area contributed by atoms with Gasteiger partial charge in [0, 0.05) is 46.6 Å². The van der Waals surface area contributed by atoms with Crippen molar-refractivity contribution in [3.05, 3.63) is 70.3 Å². The molecule has 3 rings (SSSR count). The van der Waals surface area contributed by atoms with Crippen LogP contribution in [-0.4, -0.2) is 37.1 Å². The van der Waals surface area contributed by atoms with Crippen LogP contribution in [0.1, 0.15) is 18.1 Å². The van der Waals surface area contributed by atoms with Crippen LogP contribution in [0.4, 0.5) is 8.78 Å². The van der Waals surface area contributed by atoms with Crippen molar-refractivity contribution in [2.45, 2.75) is 24.0 Å². The molecule has 0 saturated carbocycles. The van der Waals surface area contributed by atoms with Crippen molar-refractivity contribution in [2.24, 2.45) is 0 Å². The van der Waals surface area contributed by atoms with Gasteiger partial charge in [-0.25, -0.2) is 14.6 Å². The van der Waals surface area contributed by atoms with E-state index >= 15 is 0 Å². The lowest BCUT2D eigenvalue weighted by Crippen LogP contribution is -2.22. The van der Waals surface area contributed by atoms with Gasteiger partial charge in [-0.1, -0.05) is 31.2 Å². The van der Waals surface area contributed by atoms with E-state index in [-0.39, 0.29) is 24.8 Å². The summed E-state index contributed by atoms with van der Waals surface area (Å²) in [6, 6.07) is 11.1. The van der Waals surface area contributed by atoms with Gasteiger partial charge in [-0.2, -0.15) is 13.9 Å². The van der Waals surface area contributed by atoms with Crippen molar-refractivity contribution in [1.82, 2.24) is 19.7 Å². The molecule has 0 fully saturated rings. The van der Waals surface area contributed by atoms with Crippen LogP contribution in [0.2, 0.25) is 0 Å². The molecule has 0 aliphatic carbocycles. The van der Waals surface area contributed by atoms with Crippen LogP contribution >= 0.6 is 22.6 Å². The maximum absolute atomic E-state index is 12.6. The Labute approximate surface area is 185 Å². The molecule has 158 valence electrons. The minimum atomic E-state index is -3.24. The minimum absolute atomic E-state index is 0.0310. The van der Waals surface area contributed by atoms with Crippen molar-refractivity contribution >= 4 is 22.6 Å². The molecule has 7 nitrogen and oxygen atoms in total. The van der Waals surface area contributed by atoms with E-state index in [0.29, 0.717) is 17.8 Å². The number of nitrogens with zero attached hydrogens (tertiary/aromatic N) is 4. The predicted molar refractivity (Wildman–Crippen MR) is 115 cm³/mol. The van der Waals surface area contributed by atoms with Crippen molar-refractivity contribution in [3.8, 4) is 17.3 Å². The van der Waals surface area contributed by atoms with Crippen LogP contribution < -0.4 is 10.3 Å². The molecule has 0 spiro atoms. The number of halogens is 3. The summed E-state index contributed by atoms with van der Waals surface area (Å²) in [7, 11) is 0. The molecule has 2 aromatic heterocycles. The summed E-state index contributed by atoms with van der Waals surface area (Å²) in [6.45, 7) is 2.02. The first-order valence-electron chi connectivity index (χ1n) is 9.16. The second kappa shape index (κ2) is 10.0. The van der Waals surface area contributed by atoms with Crippen LogP contribution in [0.3, 0.4) is 0 Å². The SMILES string of the molecule is CCc1ccc(Cn2nc(-c3cnc(OCCOC(F)(F)I)nc3)ccc2=O)cc1. The molecular formula is C20H19F2IN4O3. The van der Waals surface area contributed by atoms with Gasteiger partial charge in [0.1, 0.15) is 6.61 Å². The zero-order valence-corrected chi connectivity index (χ0v) is 18.3. The van der Waals surface area contributed by atoms with Gasteiger partial charge in [0.2, 0.25) is 0 Å². The molecule has 0 aliphatic heterocycles. The molecule has 0 saturated heterocycles. The average molecular weight is 528 g/mol. The summed E-state index contributed by atoms with van der Waals surface area (Å²) >= 11 is 0.883. The first-order chi connectivity index (χ1) is 14.3. The van der Waals surface area contributed by atoms with Gasteiger partial charge in [0.15, 0.2) is 0 Å². The number of alkyl halides is 3. The van der Waals surface area contributed by atoms with E-state index in [4.69, 9.17) is 4.74 Å². The van der Waals surface area contributed by atoms with E-state index in [9.17, 15) is 13.6 Å². The number of hydrogen-bond acceptors (Lipinski definition) is 6. The molecule has 0 amide bonds. The van der Waals surface area contributed by atoms with E-state index in [2.05, 4.69) is 26.7 Å². The second-order valence-corrected chi connectivity index (χ2v) is 7.54. The first kappa shape index (κ1) is 22.2. The van der Waals surface area contributed by atoms with E-state index in [1.807, 2.05) is 24.3 Å². The molecule has 2 heterocycles. The molecule has 10 heteroatoms. The number of benzene rings is 1. The summed E-state index contributed by atoms with van der Waals surface area (Å²) in [6.07, 6.45) is 3.93. The van der Waals surface area contributed by atoms with Gasteiger partial charge in [0.25, 0.3) is 5.56 Å². The van der Waals surface area contributed by atoms with E-state index < -0.39 is 4.12 Å². The van der Waals surface area contributed by atoms with Gasteiger partial charge in [-0.15, -0.1) is 0 Å². The smallest absolute Gasteiger partial charge is 0.407 e. The molecular weight excluding hydrogens is 509 g/mol. The zero-order valence-electron chi connectivity index (χ0n) is 16.1. The Morgan fingerprint density at radius 2 is 1.70 bits per heavy atom. The Morgan fingerprint density at radius 1 is 1.03 bits per heavy atom. The predicted octanol–water partition coefficient (Wildman–Crippen LogP) is 3.69. The Morgan fingerprint density at radius 3 is 2.33 bits per heavy atom. The molecule has 30 heavy (non-hydrogen) atoms. The molecule has 0 bridgehead atoms. The third-order valence-electron chi connectivity index (χ3n) is 4.13. The highest BCUT2D eigenvalue weighted by molar-refractivity contribution is 14.1. The average Bonchev–Trinajstić information content (AvgIpc) is 2.73. The fourth-order valence-electron chi connectivity index (χ4n) is 2.58. The first-order valence-corrected chi connectivity index (χ1v) is 10.2. The Bertz CT molecular complexity index is 1020. The summed E-state index contributed by atoms with van der Waals surface area (Å²) in [5.74, 6) is 0. The molecule has 0 radical (unpaired) electrons. The lowest BCUT2D eigenvalue weighted by molar-refractivity contribution is -0.150. The van der Waals surface area contributed by atoms with Crippen LogP contribution in [0.25, 0.3) is 11.3 Å². The summed E-state index contributed by atoms with van der Waals surface area (Å²) < 4.78 is 32.7. The highest BCUT2D eigenvalue weighted by Crippen LogP contribution is 2.23. The monoisotopic (exact) mass is 528 g/mol. The maximum atomic E-state index is 12.6. The lowest BCUT2D eigenvalue weighted by atomic mass is 10.1. The second-order valence-electron chi connectivity index (χ2n) is 6.28. The highest BCUT2D eigenvalue weighted by Gasteiger charge is 2.24. The van der Waals surface area contributed by atoms with E-state index in [1.54, 1.807) is 6.07 Å². The van der Waals surface area contributed by atoms with Gasteiger partial charge in [-0.3, -0.25) is 4.79 Å². The van der Waals surface area contributed by atoms with Crippen molar-refractivity contribution < 1.29 is 18.3 Å². The van der Waals surface area contributed by atoms with Crippen LogP contribution in [-0.2, 0) is 17.7 Å². The van der Waals surface area contributed by atoms with Crippen LogP contribution in [0.15, 0.2) is 53.6 Å². The summed E-state index contributed by atoms with van der Waals surface area (Å²) in [5, 5.41) is 4.39. The van der Waals surface area contributed by atoms with Crippen LogP contribution in [0.5, 0.6) is 6.01 Å². The molecule has 1 aromatic carbocycles. The fourth-order valence-corrected chi connectivity index (χ4v) is 2.80. The normalized spacial score (nSPS) is 11.5. The Balaban J connectivity index is 1.67. The summed E-state index contributed by atoms with van der Waals surface area (Å²) in [5.41, 5.74) is 3.10. The van der Waals surface area contributed by atoms with Crippen molar-refractivity contribution in [3.63, 3.8) is 0 Å². The number of rotatable bonds is 9. The van der Waals surface area contributed by atoms with Crippen molar-refractivity contribution in [1.29, 1.82) is 0 Å². The van der Waals surface area contributed by atoms with Gasteiger partial charge < -0.3 is 9.47 Å². The number of aryl methyl sites for hydroxylation is 1. The van der Waals surface area contributed by atoms with Gasteiger partial charge >= 0.3 is 10.1 Å². The van der Waals surface area contributed by atoms with Crippen molar-refractivity contribution in [2.75, 3.05) is 13.2 Å². The third-order valence-corrected chi connectivity index (χ3v) is 4.45. The van der Waals surface area contributed by atoms with Gasteiger partial charge in [0.05, 0.1) is 18.8 Å². The zero-order chi connectivity index (χ0) is 21.6. The minimum Gasteiger partial charge on any atom is -0.461 e. The van der Waals surface area contributed by atoms with Crippen LogP contribution in [0, 0.1) is 0 Å². The molecule has 0 aliphatic rings. The third kappa shape index (κ3) is 6.52. The molecule has 3 aromatic rings.